The van der Waals surface area contributed by atoms with Crippen LogP contribution in [0.4, 0.5) is 0 Å². The third-order valence-electron chi connectivity index (χ3n) is 3.55. The summed E-state index contributed by atoms with van der Waals surface area (Å²) in [5.41, 5.74) is 0.504. The van der Waals surface area contributed by atoms with E-state index in [1.807, 2.05) is 13.8 Å². The number of carbonyl (C=O) groups is 1. The molecule has 1 atom stereocenters. The van der Waals surface area contributed by atoms with Crippen molar-refractivity contribution in [1.82, 2.24) is 20.1 Å². The van der Waals surface area contributed by atoms with E-state index in [9.17, 15) is 4.79 Å². The van der Waals surface area contributed by atoms with E-state index in [2.05, 4.69) is 15.2 Å². The van der Waals surface area contributed by atoms with Gasteiger partial charge in [-0.1, -0.05) is 0 Å². The normalized spacial score (nSPS) is 18.0. The molecule has 0 saturated carbocycles. The largest absolute Gasteiger partial charge is 0.475 e. The van der Waals surface area contributed by atoms with Crippen molar-refractivity contribution >= 4 is 5.91 Å². The minimum Gasteiger partial charge on any atom is -0.475 e. The molecule has 8 heteroatoms. The Labute approximate surface area is 139 Å². The Morgan fingerprint density at radius 3 is 2.96 bits per heavy atom. The van der Waals surface area contributed by atoms with E-state index in [4.69, 9.17) is 13.9 Å². The number of aromatic nitrogens is 3. The summed E-state index contributed by atoms with van der Waals surface area (Å²) in [6.07, 6.45) is 1.55. The molecule has 0 aromatic carbocycles. The summed E-state index contributed by atoms with van der Waals surface area (Å²) >= 11 is 0. The number of pyridine rings is 1. The summed E-state index contributed by atoms with van der Waals surface area (Å²) in [6.45, 7) is 6.78. The van der Waals surface area contributed by atoms with Crippen LogP contribution in [0.2, 0.25) is 0 Å². The van der Waals surface area contributed by atoms with Gasteiger partial charge in [-0.25, -0.2) is 4.98 Å². The maximum absolute atomic E-state index is 12.9. The van der Waals surface area contributed by atoms with E-state index in [0.717, 1.165) is 0 Å². The molecule has 24 heavy (non-hydrogen) atoms. The highest BCUT2D eigenvalue weighted by Gasteiger charge is 2.33. The van der Waals surface area contributed by atoms with Crippen molar-refractivity contribution in [3.8, 4) is 5.88 Å². The highest BCUT2D eigenvalue weighted by atomic mass is 16.5. The Kier molecular flexibility index (Phi) is 4.75. The van der Waals surface area contributed by atoms with Crippen LogP contribution in [-0.4, -0.2) is 51.9 Å². The van der Waals surface area contributed by atoms with Crippen LogP contribution in [0.1, 0.15) is 42.0 Å². The van der Waals surface area contributed by atoms with Gasteiger partial charge in [-0.15, -0.1) is 10.2 Å². The van der Waals surface area contributed by atoms with Gasteiger partial charge < -0.3 is 18.8 Å². The predicted octanol–water partition coefficient (Wildman–Crippen LogP) is 1.77. The molecule has 2 aromatic rings. The highest BCUT2D eigenvalue weighted by molar-refractivity contribution is 5.94. The van der Waals surface area contributed by atoms with Crippen molar-refractivity contribution < 1.29 is 18.7 Å². The van der Waals surface area contributed by atoms with Gasteiger partial charge in [0.1, 0.15) is 6.04 Å². The predicted molar refractivity (Wildman–Crippen MR) is 83.6 cm³/mol. The molecule has 128 valence electrons. The lowest BCUT2D eigenvalue weighted by Crippen LogP contribution is -2.43. The summed E-state index contributed by atoms with van der Waals surface area (Å²) in [5.74, 6) is 1.12. The van der Waals surface area contributed by atoms with Crippen LogP contribution in [0.15, 0.2) is 22.7 Å². The summed E-state index contributed by atoms with van der Waals surface area (Å²) < 4.78 is 16.5. The summed E-state index contributed by atoms with van der Waals surface area (Å²) in [5, 5.41) is 7.86. The van der Waals surface area contributed by atoms with Gasteiger partial charge in [0.15, 0.2) is 0 Å². The Balaban J connectivity index is 1.84. The van der Waals surface area contributed by atoms with Gasteiger partial charge >= 0.3 is 0 Å². The molecular formula is C16H20N4O4. The van der Waals surface area contributed by atoms with Crippen molar-refractivity contribution in [3.05, 3.63) is 35.7 Å². The molecule has 0 radical (unpaired) electrons. The molecule has 8 nitrogen and oxygen atoms in total. The number of hydrogen-bond acceptors (Lipinski definition) is 7. The van der Waals surface area contributed by atoms with Gasteiger partial charge in [-0.05, 0) is 19.9 Å². The van der Waals surface area contributed by atoms with Crippen LogP contribution in [0.5, 0.6) is 5.88 Å². The molecule has 1 aliphatic heterocycles. The minimum absolute atomic E-state index is 0.0136. The number of ether oxygens (including phenoxy) is 2. The van der Waals surface area contributed by atoms with E-state index in [-0.39, 0.29) is 12.0 Å². The summed E-state index contributed by atoms with van der Waals surface area (Å²) in [7, 11) is 0. The van der Waals surface area contributed by atoms with Crippen molar-refractivity contribution in [2.24, 2.45) is 0 Å². The lowest BCUT2D eigenvalue weighted by Gasteiger charge is -2.33. The number of nitrogens with zero attached hydrogens (tertiary/aromatic N) is 4. The molecule has 0 aliphatic carbocycles. The second-order valence-corrected chi connectivity index (χ2v) is 5.80. The Morgan fingerprint density at radius 2 is 2.25 bits per heavy atom. The van der Waals surface area contributed by atoms with Crippen molar-refractivity contribution in [3.63, 3.8) is 0 Å². The first-order chi connectivity index (χ1) is 11.5. The molecule has 1 amide bonds. The smallest absolute Gasteiger partial charge is 0.254 e. The van der Waals surface area contributed by atoms with Crippen molar-refractivity contribution in [2.75, 3.05) is 19.8 Å². The fourth-order valence-electron chi connectivity index (χ4n) is 2.51. The molecule has 0 unspecified atom stereocenters. The molecule has 0 bridgehead atoms. The molecule has 3 heterocycles. The average Bonchev–Trinajstić information content (AvgIpc) is 3.00. The first kappa shape index (κ1) is 16.4. The van der Waals surface area contributed by atoms with Gasteiger partial charge in [0.25, 0.3) is 5.91 Å². The molecule has 1 aliphatic rings. The standard InChI is InChI=1S/C16H20N4O4/c1-10(2)23-14-8-12(4-5-17-14)16(21)20-6-7-22-9-13(20)15-19-18-11(3)24-15/h4-5,8,10,13H,6-7,9H2,1-3H3/t13-/m0/s1. The first-order valence-electron chi connectivity index (χ1n) is 7.86. The van der Waals surface area contributed by atoms with E-state index < -0.39 is 6.04 Å². The molecule has 0 spiro atoms. The lowest BCUT2D eigenvalue weighted by molar-refractivity contribution is -0.0106. The Hall–Kier alpha value is -2.48. The maximum Gasteiger partial charge on any atom is 0.254 e. The number of amides is 1. The Bertz CT molecular complexity index is 716. The lowest BCUT2D eigenvalue weighted by atomic mass is 10.1. The van der Waals surface area contributed by atoms with Crippen LogP contribution in [0.3, 0.4) is 0 Å². The van der Waals surface area contributed by atoms with Gasteiger partial charge in [0.05, 0.1) is 19.3 Å². The molecule has 2 aromatic heterocycles. The number of rotatable bonds is 4. The quantitative estimate of drug-likeness (QED) is 0.842. The van der Waals surface area contributed by atoms with Crippen LogP contribution < -0.4 is 4.74 Å². The third-order valence-corrected chi connectivity index (χ3v) is 3.55. The number of morpholine rings is 1. The second-order valence-electron chi connectivity index (χ2n) is 5.80. The second kappa shape index (κ2) is 6.96. The van der Waals surface area contributed by atoms with Crippen molar-refractivity contribution in [1.29, 1.82) is 0 Å². The van der Waals surface area contributed by atoms with Gasteiger partial charge in [-0.2, -0.15) is 0 Å². The summed E-state index contributed by atoms with van der Waals surface area (Å²) in [6, 6.07) is 2.92. The summed E-state index contributed by atoms with van der Waals surface area (Å²) in [4.78, 5) is 18.7. The fraction of sp³-hybridized carbons (Fsp3) is 0.500. The SMILES string of the molecule is Cc1nnc([C@@H]2COCCN2C(=O)c2ccnc(OC(C)C)c2)o1. The van der Waals surface area contributed by atoms with E-state index in [1.165, 1.54) is 0 Å². The minimum atomic E-state index is -0.393. The van der Waals surface area contributed by atoms with E-state index >= 15 is 0 Å². The third kappa shape index (κ3) is 3.53. The first-order valence-corrected chi connectivity index (χ1v) is 7.86. The monoisotopic (exact) mass is 332 g/mol. The van der Waals surface area contributed by atoms with Crippen LogP contribution >= 0.6 is 0 Å². The zero-order valence-electron chi connectivity index (χ0n) is 13.9. The maximum atomic E-state index is 12.9. The highest BCUT2D eigenvalue weighted by Crippen LogP contribution is 2.25. The molecule has 3 rings (SSSR count). The van der Waals surface area contributed by atoms with Gasteiger partial charge in [-0.3, -0.25) is 4.79 Å². The molecular weight excluding hydrogens is 312 g/mol. The van der Waals surface area contributed by atoms with Gasteiger partial charge in [0.2, 0.25) is 17.7 Å². The van der Waals surface area contributed by atoms with Crippen LogP contribution in [0, 0.1) is 6.92 Å². The zero-order valence-corrected chi connectivity index (χ0v) is 13.9. The zero-order chi connectivity index (χ0) is 17.1. The number of aryl methyl sites for hydroxylation is 1. The fourth-order valence-corrected chi connectivity index (χ4v) is 2.51. The Morgan fingerprint density at radius 1 is 1.42 bits per heavy atom. The van der Waals surface area contributed by atoms with Crippen LogP contribution in [-0.2, 0) is 4.74 Å². The molecule has 1 fully saturated rings. The van der Waals surface area contributed by atoms with Crippen LogP contribution in [0.25, 0.3) is 0 Å². The average molecular weight is 332 g/mol. The molecule has 0 N–H and O–H groups in total. The van der Waals surface area contributed by atoms with Crippen molar-refractivity contribution in [2.45, 2.75) is 32.9 Å². The van der Waals surface area contributed by atoms with Gasteiger partial charge in [0, 0.05) is 31.3 Å². The number of hydrogen-bond donors (Lipinski definition) is 0. The number of carbonyl (C=O) groups excluding carboxylic acids is 1. The van der Waals surface area contributed by atoms with E-state index in [1.54, 1.807) is 30.2 Å². The topological polar surface area (TPSA) is 90.6 Å². The van der Waals surface area contributed by atoms with E-state index in [0.29, 0.717) is 43.0 Å². The molecule has 1 saturated heterocycles.